The Morgan fingerprint density at radius 2 is 0.500 bits per heavy atom. The Morgan fingerprint density at radius 3 is 0.898 bits per heavy atom. The van der Waals surface area contributed by atoms with Crippen LogP contribution in [0, 0.1) is 0 Å². The molecule has 0 unspecified atom stereocenters. The van der Waals surface area contributed by atoms with E-state index >= 15 is 0 Å². The van der Waals surface area contributed by atoms with Crippen molar-refractivity contribution in [3.63, 3.8) is 0 Å². The second kappa shape index (κ2) is 30.0. The monoisotopic (exact) mass is 1290 g/mol. The van der Waals surface area contributed by atoms with Gasteiger partial charge in [-0.1, -0.05) is 256 Å². The molecule has 98 heavy (non-hydrogen) atoms. The van der Waals surface area contributed by atoms with Crippen LogP contribution < -0.4 is 22.0 Å². The predicted molar refractivity (Wildman–Crippen MR) is 406 cm³/mol. The number of nitrogens with zero attached hydrogens (tertiary/aromatic N) is 18. The highest BCUT2D eigenvalue weighted by Crippen LogP contribution is 2.42. The van der Waals surface area contributed by atoms with Crippen molar-refractivity contribution in [2.24, 2.45) is 59.9 Å². The van der Waals surface area contributed by atoms with Gasteiger partial charge in [0.1, 0.15) is 64.3 Å². The zero-order valence-electron chi connectivity index (χ0n) is 58.8. The Labute approximate surface area is 571 Å². The van der Waals surface area contributed by atoms with Crippen molar-refractivity contribution < 1.29 is 0 Å². The second-order valence-corrected chi connectivity index (χ2v) is 20.6. The molecule has 492 valence electrons. The molecule has 8 aliphatic rings. The first-order valence-corrected chi connectivity index (χ1v) is 34.7. The number of aromatic nitrogens is 6. The largest absolute Gasteiger partial charge is 0.291 e. The van der Waals surface area contributed by atoms with E-state index < -0.39 is 0 Å². The van der Waals surface area contributed by atoms with Gasteiger partial charge in [0.15, 0.2) is 46.7 Å². The number of benzene rings is 6. The second-order valence-electron chi connectivity index (χ2n) is 20.6. The van der Waals surface area contributed by atoms with Crippen LogP contribution in [0.4, 0.5) is 23.3 Å². The Hall–Kier alpha value is -11.7. The molecule has 0 atom stereocenters. The quantitative estimate of drug-likeness (QED) is 0.146. The van der Waals surface area contributed by atoms with Crippen LogP contribution in [0.2, 0.25) is 0 Å². The summed E-state index contributed by atoms with van der Waals surface area (Å²) in [6.07, 6.45) is 5.31. The number of pyridine rings is 2. The molecule has 0 aliphatic carbocycles. The summed E-state index contributed by atoms with van der Waals surface area (Å²) in [7, 11) is 0. The molecule has 0 amide bonds. The van der Waals surface area contributed by atoms with Crippen LogP contribution in [-0.4, -0.2) is 74.9 Å². The van der Waals surface area contributed by atoms with Crippen LogP contribution in [0.25, 0.3) is 43.1 Å². The van der Waals surface area contributed by atoms with Gasteiger partial charge in [0.2, 0.25) is 0 Å². The molecule has 0 radical (unpaired) electrons. The van der Waals surface area contributed by atoms with Gasteiger partial charge < -0.3 is 0 Å². The molecule has 14 heterocycles. The van der Waals surface area contributed by atoms with Gasteiger partial charge in [-0.3, -0.25) is 28.2 Å². The first kappa shape index (κ1) is 67.7. The topological polar surface area (TPSA) is 194 Å². The predicted octanol–water partition coefficient (Wildman–Crippen LogP) is 17.1. The summed E-state index contributed by atoms with van der Waals surface area (Å²) in [6.45, 7) is 33.0. The fourth-order valence-corrected chi connectivity index (χ4v) is 12.5. The van der Waals surface area contributed by atoms with Gasteiger partial charge in [0.25, 0.3) is 0 Å². The number of fused-ring (bicyclic) bond motifs is 28. The van der Waals surface area contributed by atoms with Crippen molar-refractivity contribution in [1.82, 2.24) is 28.2 Å². The van der Waals surface area contributed by atoms with Crippen LogP contribution in [0.1, 0.15) is 155 Å². The van der Waals surface area contributed by atoms with Crippen molar-refractivity contribution >= 4 is 113 Å². The van der Waals surface area contributed by atoms with Crippen molar-refractivity contribution in [3.8, 4) is 0 Å². The summed E-state index contributed by atoms with van der Waals surface area (Å²) in [6, 6.07) is 55.1. The maximum Gasteiger partial charge on any atom is 0.183 e. The van der Waals surface area contributed by atoms with Crippen LogP contribution in [0.5, 0.6) is 0 Å². The SMILES string of the molecule is CC.CC.CC.CC.CC.CC.CC.CC.c1ccc2c(c1)C1=NC2=NC2=NC(=Nc3c4ccccc4c4n3Cn3c(c5ccccc5c3=N4)=N1)c1cccnc12.c1ccc2c(c1)C1=NC3=NC(=Nc4c5ccccc5c5n4Cn4c(c6ccccc6c4=N5)=NC2=N1)c1ccncc13. The Balaban J connectivity index is 0.000000165. The van der Waals surface area contributed by atoms with E-state index in [4.69, 9.17) is 59.9 Å². The standard InChI is InChI=1S/2C32H17N9.8C2H6/c1-2-9-18-17(8-1)25-34-26(18)37-29-19-10-3-5-12-21(19)31-39-32-22-13-6-4-11-20(22)30(41(32)16-40(29)31)38-27-23-14-7-15-33-24(23)28(35-25)36-27;1-2-8-18-17(7-1)25-34-26(18)37-29-20-9-3-5-11-22(20)31-39-32-23-12-6-4-10-21(23)30(41(32)16-40(29)31)38-27-19-13-14-33-15-24(19)28(35-25)36-27;8*1-2/h2*1-15H,16H2;8*1-2H3. The first-order valence-electron chi connectivity index (χ1n) is 34.7. The van der Waals surface area contributed by atoms with Crippen molar-refractivity contribution in [2.75, 3.05) is 0 Å². The lowest BCUT2D eigenvalue weighted by molar-refractivity contribution is 0.561. The smallest absolute Gasteiger partial charge is 0.183 e. The van der Waals surface area contributed by atoms with Crippen molar-refractivity contribution in [1.29, 1.82) is 0 Å². The number of aliphatic imine (C=N–C) groups is 8. The van der Waals surface area contributed by atoms with Gasteiger partial charge in [-0.15, -0.1) is 0 Å². The molecule has 20 rings (SSSR count). The highest BCUT2D eigenvalue weighted by atomic mass is 15.3. The molecular formula is C80H82N18. The van der Waals surface area contributed by atoms with E-state index in [2.05, 4.69) is 76.8 Å². The molecule has 12 bridgehead atoms. The average molecular weight is 1300 g/mol. The maximum absolute atomic E-state index is 5.26. The summed E-state index contributed by atoms with van der Waals surface area (Å²) >= 11 is 0. The van der Waals surface area contributed by atoms with Gasteiger partial charge in [0, 0.05) is 101 Å². The fraction of sp³-hybridized carbons (Fsp3) is 0.225. The molecular weight excluding hydrogens is 1210 g/mol. The third kappa shape index (κ3) is 11.2. The van der Waals surface area contributed by atoms with Crippen LogP contribution in [0.3, 0.4) is 0 Å². The van der Waals surface area contributed by atoms with Crippen LogP contribution in [0.15, 0.2) is 242 Å². The van der Waals surface area contributed by atoms with Gasteiger partial charge in [-0.05, 0) is 18.2 Å². The Morgan fingerprint density at radius 1 is 0.224 bits per heavy atom. The molecule has 0 spiro atoms. The van der Waals surface area contributed by atoms with Crippen molar-refractivity contribution in [2.45, 2.75) is 124 Å². The molecule has 12 aromatic rings. The van der Waals surface area contributed by atoms with E-state index in [9.17, 15) is 0 Å². The molecule has 6 aromatic heterocycles. The minimum Gasteiger partial charge on any atom is -0.291 e. The minimum absolute atomic E-state index is 0.488. The third-order valence-electron chi connectivity index (χ3n) is 16.2. The maximum atomic E-state index is 5.26. The summed E-state index contributed by atoms with van der Waals surface area (Å²) in [5.74, 6) is 7.86. The molecule has 0 saturated carbocycles. The molecule has 8 aliphatic heterocycles. The average Bonchev–Trinajstić information content (AvgIpc) is 1.57. The zero-order valence-corrected chi connectivity index (χ0v) is 58.8. The van der Waals surface area contributed by atoms with Crippen LogP contribution >= 0.6 is 0 Å². The van der Waals surface area contributed by atoms with Gasteiger partial charge >= 0.3 is 0 Å². The van der Waals surface area contributed by atoms with E-state index in [0.29, 0.717) is 65.7 Å². The number of rotatable bonds is 0. The third-order valence-corrected chi connectivity index (χ3v) is 16.2. The highest BCUT2D eigenvalue weighted by molar-refractivity contribution is 6.31. The summed E-state index contributed by atoms with van der Waals surface area (Å²) in [5.41, 5.74) is 10.3. The van der Waals surface area contributed by atoms with Crippen LogP contribution in [-0.2, 0) is 13.3 Å². The first-order chi connectivity index (χ1) is 48.6. The zero-order chi connectivity index (χ0) is 69.3. The minimum atomic E-state index is 0.488. The molecule has 6 aromatic carbocycles. The highest BCUT2D eigenvalue weighted by Gasteiger charge is 2.33. The molecule has 0 saturated heterocycles. The van der Waals surface area contributed by atoms with Gasteiger partial charge in [0.05, 0.1) is 0 Å². The van der Waals surface area contributed by atoms with E-state index in [1.54, 1.807) is 18.6 Å². The van der Waals surface area contributed by atoms with E-state index in [1.807, 2.05) is 226 Å². The lowest BCUT2D eigenvalue weighted by atomic mass is 10.1. The Kier molecular flexibility index (Phi) is 20.7. The number of hydrogen-bond acceptors (Lipinski definition) is 14. The van der Waals surface area contributed by atoms with E-state index in [-0.39, 0.29) is 0 Å². The van der Waals surface area contributed by atoms with E-state index in [1.165, 1.54) is 0 Å². The molecule has 0 fully saturated rings. The number of hydrogen-bond donors (Lipinski definition) is 0. The summed E-state index contributed by atoms with van der Waals surface area (Å²) in [5, 5.41) is 8.25. The van der Waals surface area contributed by atoms with E-state index in [0.717, 1.165) is 127 Å². The summed E-state index contributed by atoms with van der Waals surface area (Å²) in [4.78, 5) is 70.0. The number of amidine groups is 8. The van der Waals surface area contributed by atoms with Crippen molar-refractivity contribution in [3.05, 3.63) is 249 Å². The molecule has 18 nitrogen and oxygen atoms in total. The fourth-order valence-electron chi connectivity index (χ4n) is 12.5. The lowest BCUT2D eigenvalue weighted by Gasteiger charge is -2.15. The van der Waals surface area contributed by atoms with Gasteiger partial charge in [-0.2, -0.15) is 0 Å². The Bertz CT molecular complexity index is 5250. The lowest BCUT2D eigenvalue weighted by Crippen LogP contribution is -2.33. The molecule has 18 heteroatoms. The summed E-state index contributed by atoms with van der Waals surface area (Å²) < 4.78 is 8.62. The normalized spacial score (nSPS) is 13.6. The molecule has 0 N–H and O–H groups in total. The van der Waals surface area contributed by atoms with Gasteiger partial charge in [-0.25, -0.2) is 59.9 Å².